The zero-order valence-electron chi connectivity index (χ0n) is 14.4. The molecule has 0 spiro atoms. The molecule has 0 N–H and O–H groups in total. The minimum absolute atomic E-state index is 0.0697. The number of nitrogens with zero attached hydrogens (tertiary/aromatic N) is 3. The number of amides is 1. The number of para-hydroxylation sites is 2. The van der Waals surface area contributed by atoms with Gasteiger partial charge in [0, 0.05) is 12.6 Å². The molecule has 126 valence electrons. The van der Waals surface area contributed by atoms with E-state index in [2.05, 4.69) is 22.1 Å². The molecular weight excluding hydrogens is 310 g/mol. The minimum Gasteiger partial charge on any atom is -0.295 e. The summed E-state index contributed by atoms with van der Waals surface area (Å²) in [7, 11) is 1.74. The van der Waals surface area contributed by atoms with Gasteiger partial charge in [0.15, 0.2) is 5.82 Å². The molecule has 1 amide bonds. The first-order valence-corrected chi connectivity index (χ1v) is 8.79. The van der Waals surface area contributed by atoms with E-state index in [0.29, 0.717) is 11.4 Å². The first-order valence-electron chi connectivity index (χ1n) is 8.79. The predicted molar refractivity (Wildman–Crippen MR) is 99.8 cm³/mol. The minimum atomic E-state index is -0.0697. The highest BCUT2D eigenvalue weighted by molar-refractivity contribution is 6.05. The zero-order chi connectivity index (χ0) is 17.2. The molecule has 0 unspecified atom stereocenters. The Balaban J connectivity index is 1.52. The normalized spacial score (nSPS) is 14.3. The summed E-state index contributed by atoms with van der Waals surface area (Å²) in [5, 5.41) is 0. The molecule has 1 heterocycles. The van der Waals surface area contributed by atoms with Crippen LogP contribution in [0.1, 0.15) is 35.2 Å². The third-order valence-electron chi connectivity index (χ3n) is 5.03. The molecule has 1 aromatic heterocycles. The van der Waals surface area contributed by atoms with Gasteiger partial charge in [-0.25, -0.2) is 4.98 Å². The molecule has 25 heavy (non-hydrogen) atoms. The highest BCUT2D eigenvalue weighted by atomic mass is 16.2. The predicted octanol–water partition coefficient (Wildman–Crippen LogP) is 4.25. The second-order valence-corrected chi connectivity index (χ2v) is 6.78. The maximum absolute atomic E-state index is 12.7. The Kier molecular flexibility index (Phi) is 4.18. The molecule has 3 aromatic rings. The van der Waals surface area contributed by atoms with E-state index >= 15 is 0 Å². The molecular formula is C21H21N3O. The van der Waals surface area contributed by atoms with Crippen molar-refractivity contribution >= 4 is 22.8 Å². The van der Waals surface area contributed by atoms with Crippen molar-refractivity contribution in [1.82, 2.24) is 9.97 Å². The first-order chi connectivity index (χ1) is 12.2. The largest absolute Gasteiger partial charge is 0.295 e. The zero-order valence-corrected chi connectivity index (χ0v) is 14.4. The van der Waals surface area contributed by atoms with Gasteiger partial charge in [0.05, 0.1) is 17.2 Å². The number of hydrogen-bond acceptors (Lipinski definition) is 3. The van der Waals surface area contributed by atoms with Crippen molar-refractivity contribution < 1.29 is 4.79 Å². The van der Waals surface area contributed by atoms with Crippen molar-refractivity contribution in [3.8, 4) is 0 Å². The van der Waals surface area contributed by atoms with Gasteiger partial charge in [-0.05, 0) is 42.2 Å². The van der Waals surface area contributed by atoms with Gasteiger partial charge in [-0.2, -0.15) is 0 Å². The Morgan fingerprint density at radius 1 is 1.08 bits per heavy atom. The van der Waals surface area contributed by atoms with Gasteiger partial charge in [0.1, 0.15) is 0 Å². The van der Waals surface area contributed by atoms with Gasteiger partial charge in [0.2, 0.25) is 0 Å². The van der Waals surface area contributed by atoms with Gasteiger partial charge in [-0.3, -0.25) is 14.7 Å². The number of carbonyl (C=O) groups is 1. The third kappa shape index (κ3) is 3.25. The van der Waals surface area contributed by atoms with Crippen LogP contribution in [0.5, 0.6) is 0 Å². The first kappa shape index (κ1) is 15.8. The fourth-order valence-corrected chi connectivity index (χ4v) is 3.22. The fourth-order valence-electron chi connectivity index (χ4n) is 3.22. The maximum atomic E-state index is 12.7. The molecule has 1 saturated carbocycles. The van der Waals surface area contributed by atoms with Crippen molar-refractivity contribution in [3.05, 3.63) is 65.9 Å². The Morgan fingerprint density at radius 3 is 2.48 bits per heavy atom. The summed E-state index contributed by atoms with van der Waals surface area (Å²) in [5.41, 5.74) is 3.60. The van der Waals surface area contributed by atoms with E-state index in [1.165, 1.54) is 24.8 Å². The molecule has 4 heteroatoms. The highest BCUT2D eigenvalue weighted by Crippen LogP contribution is 2.29. The van der Waals surface area contributed by atoms with Crippen LogP contribution in [0.2, 0.25) is 0 Å². The number of benzene rings is 2. The van der Waals surface area contributed by atoms with E-state index in [0.717, 1.165) is 23.4 Å². The van der Waals surface area contributed by atoms with E-state index < -0.39 is 0 Å². The molecule has 1 aliphatic carbocycles. The number of hydrogen-bond donors (Lipinski definition) is 0. The Hall–Kier alpha value is -2.75. The summed E-state index contributed by atoms with van der Waals surface area (Å²) in [6.07, 6.45) is 6.80. The summed E-state index contributed by atoms with van der Waals surface area (Å²) in [6.45, 7) is 0. The molecule has 1 aliphatic rings. The van der Waals surface area contributed by atoms with Crippen molar-refractivity contribution in [2.24, 2.45) is 5.92 Å². The van der Waals surface area contributed by atoms with E-state index in [1.807, 2.05) is 36.4 Å². The number of aromatic nitrogens is 2. The molecule has 2 aromatic carbocycles. The van der Waals surface area contributed by atoms with Gasteiger partial charge in [-0.15, -0.1) is 0 Å². The van der Waals surface area contributed by atoms with E-state index in [1.54, 1.807) is 18.1 Å². The summed E-state index contributed by atoms with van der Waals surface area (Å²) in [6, 6.07) is 15.6. The number of fused-ring (bicyclic) bond motifs is 1. The van der Waals surface area contributed by atoms with Gasteiger partial charge in [-0.1, -0.05) is 43.5 Å². The summed E-state index contributed by atoms with van der Waals surface area (Å²) in [4.78, 5) is 23.2. The van der Waals surface area contributed by atoms with Crippen molar-refractivity contribution in [3.63, 3.8) is 0 Å². The monoisotopic (exact) mass is 331 g/mol. The second-order valence-electron chi connectivity index (χ2n) is 6.78. The topological polar surface area (TPSA) is 46.1 Å². The smallest absolute Gasteiger partial charge is 0.259 e. The van der Waals surface area contributed by atoms with Crippen LogP contribution in [0.3, 0.4) is 0 Å². The lowest BCUT2D eigenvalue weighted by atomic mass is 9.81. The van der Waals surface area contributed by atoms with Crippen LogP contribution in [0.25, 0.3) is 11.0 Å². The van der Waals surface area contributed by atoms with Crippen molar-refractivity contribution in [1.29, 1.82) is 0 Å². The number of rotatable bonds is 4. The summed E-state index contributed by atoms with van der Waals surface area (Å²) in [5.74, 6) is 1.32. The Labute approximate surface area is 147 Å². The molecule has 0 bridgehead atoms. The van der Waals surface area contributed by atoms with Crippen LogP contribution in [-0.2, 0) is 6.42 Å². The quantitative estimate of drug-likeness (QED) is 0.718. The van der Waals surface area contributed by atoms with Gasteiger partial charge < -0.3 is 0 Å². The van der Waals surface area contributed by atoms with Crippen LogP contribution in [0.4, 0.5) is 5.82 Å². The van der Waals surface area contributed by atoms with Crippen molar-refractivity contribution in [2.45, 2.75) is 25.7 Å². The van der Waals surface area contributed by atoms with Crippen LogP contribution < -0.4 is 4.90 Å². The van der Waals surface area contributed by atoms with E-state index in [4.69, 9.17) is 0 Å². The van der Waals surface area contributed by atoms with Gasteiger partial charge >= 0.3 is 0 Å². The third-order valence-corrected chi connectivity index (χ3v) is 5.03. The lowest BCUT2D eigenvalue weighted by Crippen LogP contribution is -2.27. The lowest BCUT2D eigenvalue weighted by molar-refractivity contribution is 0.0992. The standard InChI is InChI=1S/C21H21N3O/c1-24(20-14-22-18-7-2-3-8-19(18)23-20)21(25)17-11-9-16(10-12-17)13-15-5-4-6-15/h2-3,7-12,14-15H,4-6,13H2,1H3. The van der Waals surface area contributed by atoms with Gasteiger partial charge in [0.25, 0.3) is 5.91 Å². The highest BCUT2D eigenvalue weighted by Gasteiger charge is 2.19. The van der Waals surface area contributed by atoms with Crippen LogP contribution >= 0.6 is 0 Å². The van der Waals surface area contributed by atoms with Crippen LogP contribution in [0.15, 0.2) is 54.7 Å². The lowest BCUT2D eigenvalue weighted by Gasteiger charge is -2.25. The van der Waals surface area contributed by atoms with E-state index in [9.17, 15) is 4.79 Å². The average molecular weight is 331 g/mol. The Bertz CT molecular complexity index is 900. The SMILES string of the molecule is CN(C(=O)c1ccc(CC2CCC2)cc1)c1cnc2ccccc2n1. The van der Waals surface area contributed by atoms with Crippen molar-refractivity contribution in [2.75, 3.05) is 11.9 Å². The molecule has 4 nitrogen and oxygen atoms in total. The summed E-state index contributed by atoms with van der Waals surface area (Å²) < 4.78 is 0. The number of anilines is 1. The maximum Gasteiger partial charge on any atom is 0.259 e. The molecule has 0 saturated heterocycles. The Morgan fingerprint density at radius 2 is 1.80 bits per heavy atom. The van der Waals surface area contributed by atoms with Crippen LogP contribution in [-0.4, -0.2) is 22.9 Å². The molecule has 0 atom stereocenters. The molecule has 4 rings (SSSR count). The molecule has 1 fully saturated rings. The fraction of sp³-hybridized carbons (Fsp3) is 0.286. The molecule has 0 radical (unpaired) electrons. The number of carbonyl (C=O) groups excluding carboxylic acids is 1. The summed E-state index contributed by atoms with van der Waals surface area (Å²) >= 11 is 0. The average Bonchev–Trinajstić information content (AvgIpc) is 2.63. The van der Waals surface area contributed by atoms with Crippen LogP contribution in [0, 0.1) is 5.92 Å². The van der Waals surface area contributed by atoms with E-state index in [-0.39, 0.29) is 5.91 Å². The molecule has 0 aliphatic heterocycles. The second kappa shape index (κ2) is 6.63.